The van der Waals surface area contributed by atoms with Crippen LogP contribution in [-0.2, 0) is 0 Å². The standard InChI is InChI=1S/C24H22BrFN2O.CH2O3/c25-17-6-7-19-18(14-17)20(21(26)22(27-19)16-4-2-1-3-5-16)23(29)28-24-11-8-15(9-12-24)10-13-24;2-1(3)4/h1-7,14-15H,8-13H2,(H,28,29);(H2,2,3,4). The first kappa shape index (κ1) is 23.2. The maximum Gasteiger partial charge on any atom is 0.503 e. The molecule has 3 aromatic rings. The number of rotatable bonds is 3. The van der Waals surface area contributed by atoms with Crippen molar-refractivity contribution in [2.45, 2.75) is 44.1 Å². The van der Waals surface area contributed by atoms with Gasteiger partial charge in [-0.05, 0) is 62.6 Å². The third kappa shape index (κ3) is 5.00. The predicted octanol–water partition coefficient (Wildman–Crippen LogP) is 6.48. The molecule has 6 rings (SSSR count). The Morgan fingerprint density at radius 3 is 2.24 bits per heavy atom. The van der Waals surface area contributed by atoms with Crippen LogP contribution in [0.3, 0.4) is 0 Å². The number of hydrogen-bond acceptors (Lipinski definition) is 3. The Morgan fingerprint density at radius 1 is 1.03 bits per heavy atom. The van der Waals surface area contributed by atoms with E-state index in [0.29, 0.717) is 16.5 Å². The van der Waals surface area contributed by atoms with E-state index in [4.69, 9.17) is 15.0 Å². The molecule has 0 unspecified atom stereocenters. The van der Waals surface area contributed by atoms with Crippen LogP contribution in [0.15, 0.2) is 53.0 Å². The Labute approximate surface area is 199 Å². The smallest absolute Gasteiger partial charge is 0.450 e. The van der Waals surface area contributed by atoms with Crippen LogP contribution in [0.1, 0.15) is 48.9 Å². The molecule has 2 aromatic carbocycles. The number of halogens is 2. The fourth-order valence-corrected chi connectivity index (χ4v) is 5.32. The Hall–Kier alpha value is -3.00. The van der Waals surface area contributed by atoms with Gasteiger partial charge in [0.1, 0.15) is 5.69 Å². The maximum absolute atomic E-state index is 15.7. The summed E-state index contributed by atoms with van der Waals surface area (Å²) in [5.74, 6) is -0.0846. The summed E-state index contributed by atoms with van der Waals surface area (Å²) in [5.41, 5.74) is 1.41. The van der Waals surface area contributed by atoms with E-state index in [0.717, 1.165) is 48.9 Å². The molecule has 0 saturated heterocycles. The SMILES string of the molecule is O=C(NC12CCC(CC1)CC2)c1c(F)c(-c2ccccc2)nc2ccc(Br)cc12.O=C(O)O. The van der Waals surface area contributed by atoms with E-state index < -0.39 is 12.0 Å². The molecule has 3 fully saturated rings. The number of benzene rings is 2. The highest BCUT2D eigenvalue weighted by molar-refractivity contribution is 9.10. The second-order valence-electron chi connectivity index (χ2n) is 8.68. The normalized spacial score (nSPS) is 21.2. The third-order valence-electron chi connectivity index (χ3n) is 6.63. The minimum Gasteiger partial charge on any atom is -0.450 e. The Kier molecular flexibility index (Phi) is 6.65. The Bertz CT molecular complexity index is 1180. The van der Waals surface area contributed by atoms with Crippen molar-refractivity contribution in [1.82, 2.24) is 10.3 Å². The molecule has 172 valence electrons. The molecule has 1 amide bonds. The predicted molar refractivity (Wildman–Crippen MR) is 127 cm³/mol. The summed E-state index contributed by atoms with van der Waals surface area (Å²) in [6.45, 7) is 0. The molecule has 1 aromatic heterocycles. The molecule has 1 heterocycles. The second kappa shape index (κ2) is 9.47. The highest BCUT2D eigenvalue weighted by Crippen LogP contribution is 2.44. The molecule has 0 aliphatic heterocycles. The molecule has 0 spiro atoms. The van der Waals surface area contributed by atoms with Crippen LogP contribution in [0.4, 0.5) is 9.18 Å². The molecular weight excluding hydrogens is 491 g/mol. The van der Waals surface area contributed by atoms with Crippen LogP contribution < -0.4 is 5.32 Å². The number of carbonyl (C=O) groups is 2. The number of carboxylic acid groups (broad SMARTS) is 2. The molecule has 6 nitrogen and oxygen atoms in total. The van der Waals surface area contributed by atoms with Crippen molar-refractivity contribution in [2.75, 3.05) is 0 Å². The van der Waals surface area contributed by atoms with Gasteiger partial charge in [0.05, 0.1) is 11.1 Å². The van der Waals surface area contributed by atoms with Crippen molar-refractivity contribution < 1.29 is 24.2 Å². The minimum atomic E-state index is -1.83. The summed E-state index contributed by atoms with van der Waals surface area (Å²) in [6.07, 6.45) is 4.60. The van der Waals surface area contributed by atoms with Crippen molar-refractivity contribution in [3.8, 4) is 11.3 Å². The van der Waals surface area contributed by atoms with Crippen molar-refractivity contribution in [3.05, 3.63) is 64.4 Å². The van der Waals surface area contributed by atoms with Crippen LogP contribution in [0.25, 0.3) is 22.2 Å². The van der Waals surface area contributed by atoms with Gasteiger partial charge in [0.15, 0.2) is 5.82 Å². The highest BCUT2D eigenvalue weighted by Gasteiger charge is 2.42. The fraction of sp³-hybridized carbons (Fsp3) is 0.320. The molecule has 8 heteroatoms. The number of nitrogens with zero attached hydrogens (tertiary/aromatic N) is 1. The lowest BCUT2D eigenvalue weighted by atomic mass is 9.66. The number of amides is 1. The van der Waals surface area contributed by atoms with Crippen LogP contribution >= 0.6 is 15.9 Å². The van der Waals surface area contributed by atoms with Crippen LogP contribution in [0.2, 0.25) is 0 Å². The van der Waals surface area contributed by atoms with Gasteiger partial charge in [0, 0.05) is 21.0 Å². The lowest BCUT2D eigenvalue weighted by molar-refractivity contribution is 0.0712. The van der Waals surface area contributed by atoms with E-state index in [1.54, 1.807) is 6.07 Å². The van der Waals surface area contributed by atoms with Gasteiger partial charge in [-0.2, -0.15) is 0 Å². The monoisotopic (exact) mass is 514 g/mol. The zero-order chi connectivity index (χ0) is 23.6. The summed E-state index contributed by atoms with van der Waals surface area (Å²) < 4.78 is 16.5. The van der Waals surface area contributed by atoms with Crippen LogP contribution in [0, 0.1) is 11.7 Å². The summed E-state index contributed by atoms with van der Waals surface area (Å²) in [5, 5.41) is 17.7. The lowest BCUT2D eigenvalue weighted by Gasteiger charge is -2.47. The molecular formula is C25H24BrFN2O4. The van der Waals surface area contributed by atoms with E-state index in [1.807, 2.05) is 42.5 Å². The van der Waals surface area contributed by atoms with Gasteiger partial charge in [-0.15, -0.1) is 0 Å². The summed E-state index contributed by atoms with van der Waals surface area (Å²) >= 11 is 3.45. The van der Waals surface area contributed by atoms with Crippen LogP contribution in [0.5, 0.6) is 0 Å². The quantitative estimate of drug-likeness (QED) is 0.371. The summed E-state index contributed by atoms with van der Waals surface area (Å²) in [6, 6.07) is 14.7. The van der Waals surface area contributed by atoms with Gasteiger partial charge in [0.25, 0.3) is 5.91 Å². The number of carbonyl (C=O) groups excluding carboxylic acids is 1. The van der Waals surface area contributed by atoms with E-state index in [-0.39, 0.29) is 22.7 Å². The van der Waals surface area contributed by atoms with Crippen molar-refractivity contribution in [3.63, 3.8) is 0 Å². The lowest BCUT2D eigenvalue weighted by Crippen LogP contribution is -2.53. The molecule has 2 bridgehead atoms. The summed E-state index contributed by atoms with van der Waals surface area (Å²) in [7, 11) is 0. The van der Waals surface area contributed by atoms with Gasteiger partial charge < -0.3 is 15.5 Å². The zero-order valence-electron chi connectivity index (χ0n) is 17.9. The zero-order valence-corrected chi connectivity index (χ0v) is 19.4. The summed E-state index contributed by atoms with van der Waals surface area (Å²) in [4.78, 5) is 26.5. The van der Waals surface area contributed by atoms with Gasteiger partial charge in [0.2, 0.25) is 0 Å². The first-order valence-corrected chi connectivity index (χ1v) is 11.7. The number of hydrogen-bond donors (Lipinski definition) is 3. The maximum atomic E-state index is 15.7. The molecule has 0 atom stereocenters. The third-order valence-corrected chi connectivity index (χ3v) is 7.13. The van der Waals surface area contributed by atoms with Gasteiger partial charge >= 0.3 is 6.16 Å². The first-order chi connectivity index (χ1) is 15.8. The van der Waals surface area contributed by atoms with Gasteiger partial charge in [-0.25, -0.2) is 14.2 Å². The minimum absolute atomic E-state index is 0.0947. The van der Waals surface area contributed by atoms with E-state index in [9.17, 15) is 4.79 Å². The highest BCUT2D eigenvalue weighted by atomic mass is 79.9. The molecule has 3 aliphatic carbocycles. The van der Waals surface area contributed by atoms with Crippen LogP contribution in [-0.4, -0.2) is 32.8 Å². The molecule has 0 radical (unpaired) electrons. The van der Waals surface area contributed by atoms with E-state index in [1.165, 1.54) is 0 Å². The average Bonchev–Trinajstić information content (AvgIpc) is 2.79. The van der Waals surface area contributed by atoms with Gasteiger partial charge in [-0.1, -0.05) is 46.3 Å². The molecule has 3 aliphatic rings. The fourth-order valence-electron chi connectivity index (χ4n) is 4.96. The second-order valence-corrected chi connectivity index (χ2v) is 9.59. The first-order valence-electron chi connectivity index (χ1n) is 10.9. The molecule has 3 saturated carbocycles. The number of aromatic nitrogens is 1. The average molecular weight is 515 g/mol. The van der Waals surface area contributed by atoms with E-state index in [2.05, 4.69) is 26.2 Å². The Morgan fingerprint density at radius 2 is 1.64 bits per heavy atom. The Balaban J connectivity index is 0.000000601. The number of nitrogens with one attached hydrogen (secondary N) is 1. The van der Waals surface area contributed by atoms with Gasteiger partial charge in [-0.3, -0.25) is 4.79 Å². The molecule has 33 heavy (non-hydrogen) atoms. The topological polar surface area (TPSA) is 99.5 Å². The number of pyridine rings is 1. The van der Waals surface area contributed by atoms with Crippen molar-refractivity contribution in [1.29, 1.82) is 0 Å². The van der Waals surface area contributed by atoms with Crippen molar-refractivity contribution in [2.24, 2.45) is 5.92 Å². The van der Waals surface area contributed by atoms with E-state index >= 15 is 4.39 Å². The number of fused-ring (bicyclic) bond motifs is 4. The van der Waals surface area contributed by atoms with Crippen molar-refractivity contribution >= 4 is 38.9 Å². The molecule has 3 N–H and O–H groups in total. The largest absolute Gasteiger partial charge is 0.503 e.